The van der Waals surface area contributed by atoms with E-state index in [1.165, 1.54) is 12.8 Å². The topological polar surface area (TPSA) is 63.2 Å². The molecule has 0 saturated carbocycles. The minimum atomic E-state index is 0.174. The van der Waals surface area contributed by atoms with Crippen molar-refractivity contribution in [1.82, 2.24) is 15.2 Å². The lowest BCUT2D eigenvalue weighted by atomic mass is 10.3. The second-order valence-corrected chi connectivity index (χ2v) is 5.65. The number of rotatable bonds is 5. The van der Waals surface area contributed by atoms with Crippen LogP contribution in [0, 0.1) is 0 Å². The van der Waals surface area contributed by atoms with Crippen LogP contribution in [0.4, 0.5) is 17.5 Å². The molecule has 2 heterocycles. The molecule has 0 radical (unpaired) electrons. The van der Waals surface area contributed by atoms with E-state index in [1.807, 2.05) is 38.1 Å². The molecule has 1 fully saturated rings. The fourth-order valence-electron chi connectivity index (χ4n) is 2.44. The quantitative estimate of drug-likeness (QED) is 0.915. The third kappa shape index (κ3) is 3.63. The Bertz CT molecular complexity index is 608. The number of nitrogens with zero attached hydrogens (tertiary/aromatic N) is 4. The SMILES string of the molecule is CC(C)Oc1ccc(Nc2cnnc(N3CCCC3)n2)cc1. The van der Waals surface area contributed by atoms with Gasteiger partial charge >= 0.3 is 0 Å². The first kappa shape index (κ1) is 14.6. The molecule has 1 saturated heterocycles. The first-order valence-electron chi connectivity index (χ1n) is 7.69. The highest BCUT2D eigenvalue weighted by molar-refractivity contribution is 5.57. The largest absolute Gasteiger partial charge is 0.491 e. The summed E-state index contributed by atoms with van der Waals surface area (Å²) >= 11 is 0. The molecule has 3 rings (SSSR count). The molecule has 116 valence electrons. The van der Waals surface area contributed by atoms with Crippen LogP contribution in [-0.4, -0.2) is 34.4 Å². The van der Waals surface area contributed by atoms with Gasteiger partial charge in [0.15, 0.2) is 5.82 Å². The van der Waals surface area contributed by atoms with Crippen molar-refractivity contribution in [2.24, 2.45) is 0 Å². The van der Waals surface area contributed by atoms with Gasteiger partial charge in [0.1, 0.15) is 5.75 Å². The zero-order valence-corrected chi connectivity index (χ0v) is 13.0. The number of nitrogens with one attached hydrogen (secondary N) is 1. The van der Waals surface area contributed by atoms with Crippen molar-refractivity contribution in [2.45, 2.75) is 32.8 Å². The summed E-state index contributed by atoms with van der Waals surface area (Å²) in [6.45, 7) is 6.04. The number of aromatic nitrogens is 3. The molecule has 0 aliphatic carbocycles. The maximum atomic E-state index is 5.63. The molecule has 1 aliphatic rings. The van der Waals surface area contributed by atoms with Crippen molar-refractivity contribution in [3.63, 3.8) is 0 Å². The highest BCUT2D eigenvalue weighted by Crippen LogP contribution is 2.21. The van der Waals surface area contributed by atoms with Crippen LogP contribution in [0.1, 0.15) is 26.7 Å². The Balaban J connectivity index is 1.68. The Morgan fingerprint density at radius 1 is 1.14 bits per heavy atom. The first-order chi connectivity index (χ1) is 10.7. The smallest absolute Gasteiger partial charge is 0.247 e. The summed E-state index contributed by atoms with van der Waals surface area (Å²) in [7, 11) is 0. The van der Waals surface area contributed by atoms with E-state index in [4.69, 9.17) is 4.74 Å². The van der Waals surface area contributed by atoms with E-state index < -0.39 is 0 Å². The fraction of sp³-hybridized carbons (Fsp3) is 0.438. The van der Waals surface area contributed by atoms with E-state index in [-0.39, 0.29) is 6.10 Å². The Morgan fingerprint density at radius 2 is 1.86 bits per heavy atom. The van der Waals surface area contributed by atoms with Gasteiger partial charge in [0.2, 0.25) is 5.95 Å². The number of hydrogen-bond acceptors (Lipinski definition) is 6. The maximum absolute atomic E-state index is 5.63. The molecule has 2 aromatic rings. The Labute approximate surface area is 130 Å². The average molecular weight is 299 g/mol. The summed E-state index contributed by atoms with van der Waals surface area (Å²) in [6, 6.07) is 7.82. The second-order valence-electron chi connectivity index (χ2n) is 5.65. The molecule has 1 aromatic carbocycles. The third-order valence-corrected chi connectivity index (χ3v) is 3.44. The van der Waals surface area contributed by atoms with Crippen LogP contribution in [0.3, 0.4) is 0 Å². The van der Waals surface area contributed by atoms with Gasteiger partial charge in [-0.2, -0.15) is 10.1 Å². The molecular formula is C16H21N5O. The molecular weight excluding hydrogens is 278 g/mol. The van der Waals surface area contributed by atoms with Crippen LogP contribution in [0.2, 0.25) is 0 Å². The zero-order valence-electron chi connectivity index (χ0n) is 13.0. The molecule has 0 unspecified atom stereocenters. The third-order valence-electron chi connectivity index (χ3n) is 3.44. The lowest BCUT2D eigenvalue weighted by molar-refractivity contribution is 0.242. The van der Waals surface area contributed by atoms with Gasteiger partial charge in [0.05, 0.1) is 12.3 Å². The zero-order chi connectivity index (χ0) is 15.4. The van der Waals surface area contributed by atoms with Crippen LogP contribution in [-0.2, 0) is 0 Å². The summed E-state index contributed by atoms with van der Waals surface area (Å²) < 4.78 is 5.63. The normalized spacial score (nSPS) is 14.4. The molecule has 0 spiro atoms. The number of anilines is 3. The van der Waals surface area contributed by atoms with Gasteiger partial charge < -0.3 is 15.0 Å². The van der Waals surface area contributed by atoms with E-state index >= 15 is 0 Å². The Morgan fingerprint density at radius 3 is 2.55 bits per heavy atom. The highest BCUT2D eigenvalue weighted by Gasteiger charge is 2.15. The van der Waals surface area contributed by atoms with E-state index in [2.05, 4.69) is 25.4 Å². The summed E-state index contributed by atoms with van der Waals surface area (Å²) in [5.41, 5.74) is 0.948. The summed E-state index contributed by atoms with van der Waals surface area (Å²) in [4.78, 5) is 6.70. The van der Waals surface area contributed by atoms with Crippen molar-refractivity contribution in [2.75, 3.05) is 23.3 Å². The predicted octanol–water partition coefficient (Wildman–Crippen LogP) is 3.00. The van der Waals surface area contributed by atoms with Gasteiger partial charge in [-0.05, 0) is 51.0 Å². The van der Waals surface area contributed by atoms with Crippen molar-refractivity contribution < 1.29 is 4.74 Å². The van der Waals surface area contributed by atoms with Gasteiger partial charge in [-0.3, -0.25) is 0 Å². The first-order valence-corrected chi connectivity index (χ1v) is 7.69. The van der Waals surface area contributed by atoms with Gasteiger partial charge in [-0.25, -0.2) is 0 Å². The minimum absolute atomic E-state index is 0.174. The van der Waals surface area contributed by atoms with E-state index in [1.54, 1.807) is 6.20 Å². The molecule has 22 heavy (non-hydrogen) atoms. The van der Waals surface area contributed by atoms with Crippen LogP contribution < -0.4 is 15.0 Å². The van der Waals surface area contributed by atoms with Gasteiger partial charge in [0.25, 0.3) is 0 Å². The maximum Gasteiger partial charge on any atom is 0.247 e. The molecule has 0 amide bonds. The molecule has 0 bridgehead atoms. The number of ether oxygens (including phenoxy) is 1. The highest BCUT2D eigenvalue weighted by atomic mass is 16.5. The van der Waals surface area contributed by atoms with Crippen molar-refractivity contribution in [3.05, 3.63) is 30.5 Å². The molecule has 6 nitrogen and oxygen atoms in total. The summed E-state index contributed by atoms with van der Waals surface area (Å²) in [5, 5.41) is 11.4. The molecule has 1 N–H and O–H groups in total. The van der Waals surface area contributed by atoms with Crippen molar-refractivity contribution >= 4 is 17.5 Å². The molecule has 0 atom stereocenters. The monoisotopic (exact) mass is 299 g/mol. The lowest BCUT2D eigenvalue weighted by Gasteiger charge is -2.15. The van der Waals surface area contributed by atoms with Gasteiger partial charge in [-0.15, -0.1) is 5.10 Å². The molecule has 1 aliphatic heterocycles. The Kier molecular flexibility index (Phi) is 4.37. The van der Waals surface area contributed by atoms with Crippen molar-refractivity contribution in [1.29, 1.82) is 0 Å². The molecule has 1 aromatic heterocycles. The number of hydrogen-bond donors (Lipinski definition) is 1. The Hall–Kier alpha value is -2.37. The predicted molar refractivity (Wildman–Crippen MR) is 86.8 cm³/mol. The molecule has 6 heteroatoms. The summed E-state index contributed by atoms with van der Waals surface area (Å²) in [5.74, 6) is 2.26. The van der Waals surface area contributed by atoms with Crippen LogP contribution in [0.15, 0.2) is 30.5 Å². The van der Waals surface area contributed by atoms with Crippen LogP contribution >= 0.6 is 0 Å². The average Bonchev–Trinajstić information content (AvgIpc) is 3.03. The van der Waals surface area contributed by atoms with Crippen LogP contribution in [0.25, 0.3) is 0 Å². The van der Waals surface area contributed by atoms with Crippen LogP contribution in [0.5, 0.6) is 5.75 Å². The second kappa shape index (κ2) is 6.60. The lowest BCUT2D eigenvalue weighted by Crippen LogP contribution is -2.21. The standard InChI is InChI=1S/C16H21N5O/c1-12(2)22-14-7-5-13(6-8-14)18-15-11-17-20-16(19-15)21-9-3-4-10-21/h5-8,11-12H,3-4,9-10H2,1-2H3,(H,18,19,20). The van der Waals surface area contributed by atoms with E-state index in [0.29, 0.717) is 11.8 Å². The number of benzene rings is 1. The van der Waals surface area contributed by atoms with Crippen molar-refractivity contribution in [3.8, 4) is 5.75 Å². The van der Waals surface area contributed by atoms with E-state index in [0.717, 1.165) is 24.5 Å². The summed E-state index contributed by atoms with van der Waals surface area (Å²) in [6.07, 6.45) is 4.20. The van der Waals surface area contributed by atoms with Gasteiger partial charge in [-0.1, -0.05) is 0 Å². The van der Waals surface area contributed by atoms with E-state index in [9.17, 15) is 0 Å². The fourth-order valence-corrected chi connectivity index (χ4v) is 2.44. The van der Waals surface area contributed by atoms with Gasteiger partial charge in [0, 0.05) is 18.8 Å². The minimum Gasteiger partial charge on any atom is -0.491 e.